The molecule has 2 atom stereocenters. The van der Waals surface area contributed by atoms with E-state index in [0.29, 0.717) is 18.7 Å². The normalized spacial score (nSPS) is 22.7. The van der Waals surface area contributed by atoms with E-state index in [-0.39, 0.29) is 36.0 Å². The van der Waals surface area contributed by atoms with E-state index < -0.39 is 28.1 Å². The number of hydrogen-bond donors (Lipinski definition) is 0. The Morgan fingerprint density at radius 1 is 1.27 bits per heavy atom. The van der Waals surface area contributed by atoms with E-state index in [2.05, 4.69) is 10.3 Å². The molecule has 1 aromatic carbocycles. The summed E-state index contributed by atoms with van der Waals surface area (Å²) in [6.45, 7) is 2.66. The number of rotatable bonds is 5. The van der Waals surface area contributed by atoms with Crippen LogP contribution in [0.3, 0.4) is 0 Å². The summed E-state index contributed by atoms with van der Waals surface area (Å²) in [5.41, 5.74) is 0.568. The van der Waals surface area contributed by atoms with Crippen LogP contribution in [0.1, 0.15) is 35.3 Å². The number of amides is 1. The van der Waals surface area contributed by atoms with Gasteiger partial charge in [0.05, 0.1) is 17.6 Å². The van der Waals surface area contributed by atoms with Crippen LogP contribution < -0.4 is 0 Å². The van der Waals surface area contributed by atoms with Crippen LogP contribution in [0.15, 0.2) is 29.3 Å². The van der Waals surface area contributed by atoms with Crippen molar-refractivity contribution in [3.05, 3.63) is 41.5 Å². The van der Waals surface area contributed by atoms with Crippen LogP contribution in [0.25, 0.3) is 0 Å². The molecule has 2 saturated heterocycles. The number of aromatic nitrogens is 3. The largest absolute Gasteiger partial charge is 0.337 e. The molecule has 4 rings (SSSR count). The van der Waals surface area contributed by atoms with E-state index in [4.69, 9.17) is 0 Å². The number of carbonyl (C=O) groups excluding carboxylic acids is 1. The lowest BCUT2D eigenvalue weighted by Gasteiger charge is -2.24. The van der Waals surface area contributed by atoms with E-state index >= 15 is 0 Å². The number of likely N-dealkylation sites (tertiary alicyclic amines) is 1. The summed E-state index contributed by atoms with van der Waals surface area (Å²) in [6, 6.07) is 2.80. The fraction of sp³-hybridized carbons (Fsp3) is 0.526. The predicted molar refractivity (Wildman–Crippen MR) is 103 cm³/mol. The molecule has 0 unspecified atom stereocenters. The average molecular weight is 439 g/mol. The standard InChI is InChI=1S/C19H23F2N5O3S/c1-13-4-5-14(20)9-18(13)30(28,29)26-10-15(21)8-16(26)11-25-12-17(22-23-25)19(27)24-6-2-3-7-24/h4-5,9,12,15-16H,2-3,6-8,10-11H2,1H3/t15-,16-/m0/s1. The highest BCUT2D eigenvalue weighted by Gasteiger charge is 2.41. The van der Waals surface area contributed by atoms with Crippen molar-refractivity contribution in [2.24, 2.45) is 0 Å². The van der Waals surface area contributed by atoms with Crippen LogP contribution in [0, 0.1) is 12.7 Å². The Labute approximate surface area is 173 Å². The Kier molecular flexibility index (Phi) is 5.58. The van der Waals surface area contributed by atoms with Crippen molar-refractivity contribution in [3.8, 4) is 0 Å². The van der Waals surface area contributed by atoms with Gasteiger partial charge in [-0.2, -0.15) is 4.31 Å². The maximum Gasteiger partial charge on any atom is 0.276 e. The number of alkyl halides is 1. The first-order chi connectivity index (χ1) is 14.3. The van der Waals surface area contributed by atoms with Gasteiger partial charge in [0.25, 0.3) is 5.91 Å². The minimum atomic E-state index is -4.10. The Hall–Kier alpha value is -2.40. The molecule has 0 bridgehead atoms. The minimum Gasteiger partial charge on any atom is -0.337 e. The van der Waals surface area contributed by atoms with Crippen LogP contribution >= 0.6 is 0 Å². The van der Waals surface area contributed by atoms with Gasteiger partial charge in [-0.3, -0.25) is 9.48 Å². The molecule has 2 aliphatic rings. The van der Waals surface area contributed by atoms with Crippen LogP contribution in [0.4, 0.5) is 8.78 Å². The maximum atomic E-state index is 14.2. The van der Waals surface area contributed by atoms with Gasteiger partial charge in [0, 0.05) is 25.7 Å². The van der Waals surface area contributed by atoms with Crippen molar-refractivity contribution in [2.75, 3.05) is 19.6 Å². The number of sulfonamides is 1. The Balaban J connectivity index is 1.55. The van der Waals surface area contributed by atoms with Crippen LogP contribution in [0.2, 0.25) is 0 Å². The molecular formula is C19H23F2N5O3S. The molecule has 2 aromatic rings. The number of aryl methyl sites for hydroxylation is 1. The fourth-order valence-corrected chi connectivity index (χ4v) is 5.95. The van der Waals surface area contributed by atoms with Crippen LogP contribution in [0.5, 0.6) is 0 Å². The highest BCUT2D eigenvalue weighted by molar-refractivity contribution is 7.89. The zero-order valence-electron chi connectivity index (χ0n) is 16.5. The molecular weight excluding hydrogens is 416 g/mol. The van der Waals surface area contributed by atoms with Gasteiger partial charge in [-0.1, -0.05) is 11.3 Å². The number of benzene rings is 1. The lowest BCUT2D eigenvalue weighted by molar-refractivity contribution is 0.0787. The molecule has 2 aliphatic heterocycles. The molecule has 0 saturated carbocycles. The molecule has 1 aromatic heterocycles. The molecule has 162 valence electrons. The lowest BCUT2D eigenvalue weighted by atomic mass is 10.2. The molecule has 0 radical (unpaired) electrons. The predicted octanol–water partition coefficient (Wildman–Crippen LogP) is 1.76. The Morgan fingerprint density at radius 2 is 2.00 bits per heavy atom. The van der Waals surface area contributed by atoms with Crippen LogP contribution in [-0.2, 0) is 16.6 Å². The second kappa shape index (κ2) is 8.03. The number of hydrogen-bond acceptors (Lipinski definition) is 5. The fourth-order valence-electron chi connectivity index (χ4n) is 4.05. The molecule has 0 spiro atoms. The van der Waals surface area contributed by atoms with Gasteiger partial charge in [-0.25, -0.2) is 17.2 Å². The molecule has 30 heavy (non-hydrogen) atoms. The van der Waals surface area contributed by atoms with Crippen molar-refractivity contribution >= 4 is 15.9 Å². The SMILES string of the molecule is Cc1ccc(F)cc1S(=O)(=O)N1C[C@@H](F)C[C@H]1Cn1cc(C(=O)N2CCCC2)nn1. The van der Waals surface area contributed by atoms with E-state index in [9.17, 15) is 22.0 Å². The van der Waals surface area contributed by atoms with E-state index in [1.54, 1.807) is 11.8 Å². The summed E-state index contributed by atoms with van der Waals surface area (Å²) < 4.78 is 56.6. The molecule has 3 heterocycles. The average Bonchev–Trinajstić information content (AvgIpc) is 3.44. The zero-order chi connectivity index (χ0) is 21.5. The Bertz CT molecular complexity index is 1050. The highest BCUT2D eigenvalue weighted by Crippen LogP contribution is 2.30. The third kappa shape index (κ3) is 3.95. The van der Waals surface area contributed by atoms with Crippen molar-refractivity contribution in [1.82, 2.24) is 24.2 Å². The van der Waals surface area contributed by atoms with Crippen molar-refractivity contribution in [1.29, 1.82) is 0 Å². The van der Waals surface area contributed by atoms with Gasteiger partial charge in [0.15, 0.2) is 5.69 Å². The van der Waals surface area contributed by atoms with Crippen molar-refractivity contribution in [2.45, 2.75) is 49.8 Å². The molecule has 1 amide bonds. The van der Waals surface area contributed by atoms with Gasteiger partial charge >= 0.3 is 0 Å². The summed E-state index contributed by atoms with van der Waals surface area (Å²) >= 11 is 0. The minimum absolute atomic E-state index is 0.0111. The first-order valence-corrected chi connectivity index (χ1v) is 11.3. The van der Waals surface area contributed by atoms with Gasteiger partial charge in [-0.05, 0) is 43.9 Å². The van der Waals surface area contributed by atoms with E-state index in [1.807, 2.05) is 0 Å². The van der Waals surface area contributed by atoms with Gasteiger partial charge < -0.3 is 4.90 Å². The van der Waals surface area contributed by atoms with Crippen LogP contribution in [-0.4, -0.2) is 70.4 Å². The second-order valence-electron chi connectivity index (χ2n) is 7.80. The summed E-state index contributed by atoms with van der Waals surface area (Å²) in [5, 5.41) is 7.84. The first-order valence-electron chi connectivity index (χ1n) is 9.87. The molecule has 2 fully saturated rings. The van der Waals surface area contributed by atoms with Gasteiger partial charge in [0.2, 0.25) is 10.0 Å². The van der Waals surface area contributed by atoms with Gasteiger partial charge in [0.1, 0.15) is 12.0 Å². The van der Waals surface area contributed by atoms with E-state index in [0.717, 1.165) is 23.2 Å². The molecule has 0 N–H and O–H groups in total. The monoisotopic (exact) mass is 439 g/mol. The summed E-state index contributed by atoms with van der Waals surface area (Å²) in [7, 11) is -4.10. The van der Waals surface area contributed by atoms with Gasteiger partial charge in [-0.15, -0.1) is 5.10 Å². The summed E-state index contributed by atoms with van der Waals surface area (Å²) in [6.07, 6.45) is 2.01. The smallest absolute Gasteiger partial charge is 0.276 e. The third-order valence-corrected chi connectivity index (χ3v) is 7.66. The first kappa shape index (κ1) is 20.9. The maximum absolute atomic E-state index is 14.2. The van der Waals surface area contributed by atoms with Crippen molar-refractivity contribution in [3.63, 3.8) is 0 Å². The molecule has 0 aliphatic carbocycles. The number of nitrogens with zero attached hydrogens (tertiary/aromatic N) is 5. The Morgan fingerprint density at radius 3 is 2.73 bits per heavy atom. The van der Waals surface area contributed by atoms with Crippen molar-refractivity contribution < 1.29 is 22.0 Å². The summed E-state index contributed by atoms with van der Waals surface area (Å²) in [4.78, 5) is 14.0. The molecule has 8 nitrogen and oxygen atoms in total. The molecule has 11 heteroatoms. The lowest BCUT2D eigenvalue weighted by Crippen LogP contribution is -2.38. The van der Waals surface area contributed by atoms with E-state index in [1.165, 1.54) is 23.0 Å². The third-order valence-electron chi connectivity index (χ3n) is 5.60. The number of halogens is 2. The number of carbonyl (C=O) groups is 1. The summed E-state index contributed by atoms with van der Waals surface area (Å²) in [5.74, 6) is -0.888. The topological polar surface area (TPSA) is 88.4 Å². The quantitative estimate of drug-likeness (QED) is 0.709. The highest BCUT2D eigenvalue weighted by atomic mass is 32.2. The zero-order valence-corrected chi connectivity index (χ0v) is 17.4. The second-order valence-corrected chi connectivity index (χ2v) is 9.66.